The lowest BCUT2D eigenvalue weighted by atomic mass is 9.51. The highest BCUT2D eigenvalue weighted by atomic mass is 16.5. The molecule has 5 heteroatoms. The fourth-order valence-corrected chi connectivity index (χ4v) is 4.93. The van der Waals surface area contributed by atoms with Crippen LogP contribution in [-0.2, 0) is 0 Å². The summed E-state index contributed by atoms with van der Waals surface area (Å²) in [6.45, 7) is 2.00. The van der Waals surface area contributed by atoms with E-state index in [1.807, 2.05) is 25.5 Å². The SMILES string of the molecule is COc1cncc(C2[C@H](c3ccccc3)C(c3cncc(C)n3)[C@H]2c2ccccc2)n1. The molecule has 2 aromatic carbocycles. The molecule has 1 aliphatic rings. The molecule has 0 N–H and O–H groups in total. The third-order valence-corrected chi connectivity index (χ3v) is 6.21. The molecule has 1 saturated carbocycles. The first-order valence-corrected chi connectivity index (χ1v) is 10.5. The molecule has 2 atom stereocenters. The van der Waals surface area contributed by atoms with Crippen molar-refractivity contribution < 1.29 is 4.74 Å². The normalized spacial score (nSPS) is 22.5. The van der Waals surface area contributed by atoms with Gasteiger partial charge in [-0.3, -0.25) is 15.0 Å². The number of hydrogen-bond donors (Lipinski definition) is 0. The molecule has 5 nitrogen and oxygen atoms in total. The van der Waals surface area contributed by atoms with E-state index in [0.717, 1.165) is 17.1 Å². The lowest BCUT2D eigenvalue weighted by Crippen LogP contribution is -2.41. The van der Waals surface area contributed by atoms with Gasteiger partial charge < -0.3 is 4.74 Å². The highest BCUT2D eigenvalue weighted by molar-refractivity contribution is 5.45. The van der Waals surface area contributed by atoms with Gasteiger partial charge in [-0.15, -0.1) is 0 Å². The second-order valence-electron chi connectivity index (χ2n) is 8.00. The molecule has 0 unspecified atom stereocenters. The molecular formula is C26H24N4O. The van der Waals surface area contributed by atoms with Crippen LogP contribution in [0.5, 0.6) is 5.88 Å². The first-order chi connectivity index (χ1) is 15.3. The number of aryl methyl sites for hydroxylation is 1. The minimum atomic E-state index is 0.153. The van der Waals surface area contributed by atoms with Crippen molar-refractivity contribution in [1.29, 1.82) is 0 Å². The number of rotatable bonds is 5. The maximum absolute atomic E-state index is 5.39. The quantitative estimate of drug-likeness (QED) is 0.463. The summed E-state index contributed by atoms with van der Waals surface area (Å²) < 4.78 is 5.39. The van der Waals surface area contributed by atoms with E-state index in [9.17, 15) is 0 Å². The van der Waals surface area contributed by atoms with E-state index in [0.29, 0.717) is 5.88 Å². The standard InChI is InChI=1S/C26H24N4O/c1-17-13-27-14-20(29-17)25-23(18-9-5-3-6-10-18)26(21-15-28-16-22(30-21)31-2)24(25)19-11-7-4-8-12-19/h3-16,23-26H,1-2H3/t23-,24-,25?,26?/m1/s1. The van der Waals surface area contributed by atoms with Crippen LogP contribution in [0, 0.1) is 6.92 Å². The van der Waals surface area contributed by atoms with Gasteiger partial charge in [0.25, 0.3) is 0 Å². The average Bonchev–Trinajstić information content (AvgIpc) is 2.80. The molecule has 0 bridgehead atoms. The van der Waals surface area contributed by atoms with E-state index in [4.69, 9.17) is 14.7 Å². The van der Waals surface area contributed by atoms with Crippen LogP contribution in [-0.4, -0.2) is 27.0 Å². The molecule has 154 valence electrons. The Bertz CT molecular complexity index is 1120. The number of nitrogens with zero attached hydrogens (tertiary/aromatic N) is 4. The van der Waals surface area contributed by atoms with E-state index in [-0.39, 0.29) is 23.7 Å². The van der Waals surface area contributed by atoms with Crippen molar-refractivity contribution in [3.05, 3.63) is 114 Å². The molecule has 31 heavy (non-hydrogen) atoms. The Hall–Kier alpha value is -3.60. The molecule has 0 aliphatic heterocycles. The zero-order valence-corrected chi connectivity index (χ0v) is 17.6. The molecule has 2 heterocycles. The summed E-state index contributed by atoms with van der Waals surface area (Å²) in [6.07, 6.45) is 7.25. The zero-order chi connectivity index (χ0) is 21.2. The Labute approximate surface area is 182 Å². The minimum absolute atomic E-state index is 0.153. The molecule has 5 rings (SSSR count). The molecule has 0 radical (unpaired) electrons. The molecule has 0 spiro atoms. The van der Waals surface area contributed by atoms with Crippen molar-refractivity contribution in [1.82, 2.24) is 19.9 Å². The minimum Gasteiger partial charge on any atom is -0.480 e. The van der Waals surface area contributed by atoms with Crippen LogP contribution < -0.4 is 4.74 Å². The van der Waals surface area contributed by atoms with E-state index >= 15 is 0 Å². The predicted molar refractivity (Wildman–Crippen MR) is 119 cm³/mol. The Morgan fingerprint density at radius 1 is 0.613 bits per heavy atom. The molecule has 0 amide bonds. The Morgan fingerprint density at radius 3 is 1.65 bits per heavy atom. The summed E-state index contributed by atoms with van der Waals surface area (Å²) in [5.74, 6) is 1.30. The fraction of sp³-hybridized carbons (Fsp3) is 0.231. The van der Waals surface area contributed by atoms with Crippen molar-refractivity contribution in [2.45, 2.75) is 30.6 Å². The van der Waals surface area contributed by atoms with E-state index in [2.05, 4.69) is 70.6 Å². The molecular weight excluding hydrogens is 384 g/mol. The van der Waals surface area contributed by atoms with Crippen LogP contribution in [0.2, 0.25) is 0 Å². The zero-order valence-electron chi connectivity index (χ0n) is 17.6. The van der Waals surface area contributed by atoms with Crippen molar-refractivity contribution in [3.63, 3.8) is 0 Å². The van der Waals surface area contributed by atoms with Crippen LogP contribution in [0.1, 0.15) is 51.9 Å². The van der Waals surface area contributed by atoms with E-state index < -0.39 is 0 Å². The third kappa shape index (κ3) is 3.56. The molecule has 1 aliphatic carbocycles. The van der Waals surface area contributed by atoms with Crippen molar-refractivity contribution in [2.75, 3.05) is 7.11 Å². The molecule has 1 fully saturated rings. The summed E-state index contributed by atoms with van der Waals surface area (Å²) in [5.41, 5.74) is 5.45. The smallest absolute Gasteiger partial charge is 0.232 e. The second kappa shape index (κ2) is 8.26. The summed E-state index contributed by atoms with van der Waals surface area (Å²) in [4.78, 5) is 18.5. The number of hydrogen-bond acceptors (Lipinski definition) is 5. The monoisotopic (exact) mass is 408 g/mol. The van der Waals surface area contributed by atoms with Gasteiger partial charge in [0.05, 0.1) is 30.4 Å². The van der Waals surface area contributed by atoms with Gasteiger partial charge in [0.1, 0.15) is 0 Å². The first kappa shape index (κ1) is 19.4. The Kier molecular flexibility index (Phi) is 5.16. The van der Waals surface area contributed by atoms with E-state index in [1.54, 1.807) is 13.3 Å². The number of benzene rings is 2. The van der Waals surface area contributed by atoms with Gasteiger partial charge in [0.2, 0.25) is 5.88 Å². The topological polar surface area (TPSA) is 60.8 Å². The summed E-state index contributed by atoms with van der Waals surface area (Å²) in [5, 5.41) is 0. The average molecular weight is 409 g/mol. The highest BCUT2D eigenvalue weighted by Gasteiger charge is 2.54. The van der Waals surface area contributed by atoms with Gasteiger partial charge >= 0.3 is 0 Å². The first-order valence-electron chi connectivity index (χ1n) is 10.5. The number of methoxy groups -OCH3 is 1. The van der Waals surface area contributed by atoms with Crippen LogP contribution in [0.15, 0.2) is 85.5 Å². The lowest BCUT2D eigenvalue weighted by Gasteiger charge is -2.52. The number of ether oxygens (including phenoxy) is 1. The van der Waals surface area contributed by atoms with Gasteiger partial charge in [-0.05, 0) is 18.1 Å². The number of aromatic nitrogens is 4. The lowest BCUT2D eigenvalue weighted by molar-refractivity contribution is 0.217. The molecule has 2 aromatic heterocycles. The van der Waals surface area contributed by atoms with Crippen molar-refractivity contribution >= 4 is 0 Å². The highest BCUT2D eigenvalue weighted by Crippen LogP contribution is 2.65. The maximum Gasteiger partial charge on any atom is 0.232 e. The van der Waals surface area contributed by atoms with Crippen molar-refractivity contribution in [3.8, 4) is 5.88 Å². The van der Waals surface area contributed by atoms with Gasteiger partial charge in [-0.25, -0.2) is 4.98 Å². The summed E-state index contributed by atoms with van der Waals surface area (Å²) in [7, 11) is 1.63. The fourth-order valence-electron chi connectivity index (χ4n) is 4.93. The molecule has 4 aromatic rings. The Morgan fingerprint density at radius 2 is 1.13 bits per heavy atom. The van der Waals surface area contributed by atoms with Crippen LogP contribution in [0.25, 0.3) is 0 Å². The van der Waals surface area contributed by atoms with Gasteiger partial charge in [0.15, 0.2) is 0 Å². The van der Waals surface area contributed by atoms with E-state index in [1.165, 1.54) is 11.1 Å². The second-order valence-corrected chi connectivity index (χ2v) is 8.00. The largest absolute Gasteiger partial charge is 0.480 e. The summed E-state index contributed by atoms with van der Waals surface area (Å²) >= 11 is 0. The Balaban J connectivity index is 1.69. The van der Waals surface area contributed by atoms with Crippen LogP contribution in [0.3, 0.4) is 0 Å². The summed E-state index contributed by atoms with van der Waals surface area (Å²) in [6, 6.07) is 21.3. The molecule has 0 saturated heterocycles. The van der Waals surface area contributed by atoms with Crippen LogP contribution >= 0.6 is 0 Å². The van der Waals surface area contributed by atoms with Gasteiger partial charge in [-0.2, -0.15) is 0 Å². The van der Waals surface area contributed by atoms with Gasteiger partial charge in [0, 0.05) is 42.3 Å². The van der Waals surface area contributed by atoms with Gasteiger partial charge in [-0.1, -0.05) is 60.7 Å². The van der Waals surface area contributed by atoms with Crippen LogP contribution in [0.4, 0.5) is 0 Å². The maximum atomic E-state index is 5.39. The predicted octanol–water partition coefficient (Wildman–Crippen LogP) is 5.03. The van der Waals surface area contributed by atoms with Crippen molar-refractivity contribution in [2.24, 2.45) is 0 Å². The third-order valence-electron chi connectivity index (χ3n) is 6.21.